The Morgan fingerprint density at radius 3 is 2.81 bits per heavy atom. The number of rotatable bonds is 5. The van der Waals surface area contributed by atoms with E-state index in [9.17, 15) is 9.59 Å². The predicted octanol–water partition coefficient (Wildman–Crippen LogP) is 4.15. The molecule has 0 aliphatic heterocycles. The van der Waals surface area contributed by atoms with Crippen molar-refractivity contribution in [2.24, 2.45) is 5.41 Å². The topological polar surface area (TPSA) is 43.4 Å². The van der Waals surface area contributed by atoms with Crippen molar-refractivity contribution in [2.75, 3.05) is 6.61 Å². The zero-order valence-corrected chi connectivity index (χ0v) is 13.4. The van der Waals surface area contributed by atoms with Crippen molar-refractivity contribution < 1.29 is 14.3 Å². The van der Waals surface area contributed by atoms with Crippen molar-refractivity contribution in [2.45, 2.75) is 52.9 Å². The molecule has 0 amide bonds. The van der Waals surface area contributed by atoms with Crippen LogP contribution in [0.3, 0.4) is 0 Å². The number of hydrogen-bond acceptors (Lipinski definition) is 3. The zero-order valence-electron chi connectivity index (χ0n) is 13.4. The summed E-state index contributed by atoms with van der Waals surface area (Å²) in [6.45, 7) is 9.65. The van der Waals surface area contributed by atoms with Gasteiger partial charge in [-0.05, 0) is 46.5 Å². The van der Waals surface area contributed by atoms with Gasteiger partial charge in [0.25, 0.3) is 0 Å². The Hall–Kier alpha value is -1.64. The smallest absolute Gasteiger partial charge is 0.319 e. The number of Topliss-reactive ketones (excluding diaryl/α,β-unsaturated/α-hetero) is 1. The number of allylic oxidation sites excluding steroid dienone is 5. The summed E-state index contributed by atoms with van der Waals surface area (Å²) in [6, 6.07) is 0. The molecule has 0 aromatic rings. The molecule has 21 heavy (non-hydrogen) atoms. The maximum absolute atomic E-state index is 12.4. The lowest BCUT2D eigenvalue weighted by Gasteiger charge is -2.26. The highest BCUT2D eigenvalue weighted by Crippen LogP contribution is 2.31. The van der Waals surface area contributed by atoms with Crippen molar-refractivity contribution in [1.29, 1.82) is 0 Å². The second-order valence-electron chi connectivity index (χ2n) is 5.86. The first-order chi connectivity index (χ1) is 9.90. The Kier molecular flexibility index (Phi) is 6.60. The summed E-state index contributed by atoms with van der Waals surface area (Å²) < 4.78 is 5.05. The first kappa shape index (κ1) is 17.4. The Bertz CT molecular complexity index is 471. The first-order valence-corrected chi connectivity index (χ1v) is 7.60. The van der Waals surface area contributed by atoms with Crippen LogP contribution in [0.5, 0.6) is 0 Å². The van der Waals surface area contributed by atoms with Crippen LogP contribution in [0.25, 0.3) is 0 Å². The van der Waals surface area contributed by atoms with E-state index in [2.05, 4.69) is 12.7 Å². The largest absolute Gasteiger partial charge is 0.465 e. The maximum atomic E-state index is 12.4. The molecule has 0 saturated heterocycles. The van der Waals surface area contributed by atoms with Crippen LogP contribution in [0.1, 0.15) is 52.9 Å². The summed E-state index contributed by atoms with van der Waals surface area (Å²) >= 11 is 0. The third-order valence-corrected chi connectivity index (χ3v) is 3.82. The molecule has 0 bridgehead atoms. The van der Waals surface area contributed by atoms with E-state index < -0.39 is 11.4 Å². The number of carbonyl (C=O) groups excluding carboxylic acids is 2. The Morgan fingerprint density at radius 2 is 2.19 bits per heavy atom. The lowest BCUT2D eigenvalue weighted by molar-refractivity contribution is -0.158. The lowest BCUT2D eigenvalue weighted by Crippen LogP contribution is -2.38. The van der Waals surface area contributed by atoms with Gasteiger partial charge in [-0.1, -0.05) is 29.4 Å². The highest BCUT2D eigenvalue weighted by atomic mass is 16.5. The highest BCUT2D eigenvalue weighted by Gasteiger charge is 2.41. The van der Waals surface area contributed by atoms with Gasteiger partial charge in [-0.2, -0.15) is 0 Å². The van der Waals surface area contributed by atoms with Crippen molar-refractivity contribution in [1.82, 2.24) is 0 Å². The predicted molar refractivity (Wildman–Crippen MR) is 84.9 cm³/mol. The number of carbonyl (C=O) groups is 2. The van der Waals surface area contributed by atoms with Crippen LogP contribution in [0.2, 0.25) is 0 Å². The van der Waals surface area contributed by atoms with Crippen LogP contribution >= 0.6 is 0 Å². The second-order valence-corrected chi connectivity index (χ2v) is 5.86. The van der Waals surface area contributed by atoms with Crippen molar-refractivity contribution in [3.8, 4) is 0 Å². The SMILES string of the molecule is C=C(C)CC/C=C1\C=C/C[C@@](C)(C(=O)OCC)C(=O)CC1. The van der Waals surface area contributed by atoms with Crippen LogP contribution in [0.15, 0.2) is 36.0 Å². The molecule has 0 fully saturated rings. The fourth-order valence-corrected chi connectivity index (χ4v) is 2.34. The van der Waals surface area contributed by atoms with Gasteiger partial charge in [-0.25, -0.2) is 0 Å². The third kappa shape index (κ3) is 5.00. The molecule has 0 spiro atoms. The van der Waals surface area contributed by atoms with E-state index in [1.54, 1.807) is 13.8 Å². The molecule has 3 heteroatoms. The van der Waals surface area contributed by atoms with Gasteiger partial charge < -0.3 is 4.74 Å². The molecule has 0 unspecified atom stereocenters. The van der Waals surface area contributed by atoms with Crippen molar-refractivity contribution >= 4 is 11.8 Å². The van der Waals surface area contributed by atoms with Gasteiger partial charge in [0.2, 0.25) is 0 Å². The minimum Gasteiger partial charge on any atom is -0.465 e. The molecule has 1 rings (SSSR count). The molecular formula is C18H26O3. The second kappa shape index (κ2) is 7.96. The Labute approximate surface area is 127 Å². The number of hydrogen-bond donors (Lipinski definition) is 0. The minimum atomic E-state index is -1.03. The number of ether oxygens (including phenoxy) is 1. The lowest BCUT2D eigenvalue weighted by atomic mass is 9.78. The summed E-state index contributed by atoms with van der Waals surface area (Å²) in [5.74, 6) is -0.439. The average molecular weight is 290 g/mol. The Morgan fingerprint density at radius 1 is 1.48 bits per heavy atom. The van der Waals surface area contributed by atoms with Crippen molar-refractivity contribution in [3.63, 3.8) is 0 Å². The highest BCUT2D eigenvalue weighted by molar-refractivity contribution is 6.03. The fourth-order valence-electron chi connectivity index (χ4n) is 2.34. The summed E-state index contributed by atoms with van der Waals surface area (Å²) in [5.41, 5.74) is 1.29. The van der Waals surface area contributed by atoms with Gasteiger partial charge in [0.05, 0.1) is 6.61 Å². The average Bonchev–Trinajstić information content (AvgIpc) is 2.41. The Balaban J connectivity index is 2.78. The minimum absolute atomic E-state index is 0.0314. The summed E-state index contributed by atoms with van der Waals surface area (Å²) in [6.07, 6.45) is 9.49. The molecule has 0 aromatic carbocycles. The molecule has 0 aromatic heterocycles. The van der Waals surface area contributed by atoms with E-state index in [1.165, 1.54) is 0 Å². The van der Waals surface area contributed by atoms with Gasteiger partial charge in [-0.3, -0.25) is 9.59 Å². The molecule has 0 N–H and O–H groups in total. The monoisotopic (exact) mass is 290 g/mol. The van der Waals surface area contributed by atoms with Gasteiger partial charge in [0.15, 0.2) is 5.78 Å². The van der Waals surface area contributed by atoms with Gasteiger partial charge in [-0.15, -0.1) is 6.58 Å². The first-order valence-electron chi connectivity index (χ1n) is 7.60. The van der Waals surface area contributed by atoms with E-state index >= 15 is 0 Å². The molecular weight excluding hydrogens is 264 g/mol. The van der Waals surface area contributed by atoms with Crippen LogP contribution < -0.4 is 0 Å². The molecule has 0 heterocycles. The van der Waals surface area contributed by atoms with Gasteiger partial charge in [0, 0.05) is 6.42 Å². The molecule has 1 aliphatic carbocycles. The standard InChI is InChI=1S/C18H26O3/c1-5-21-17(20)18(4)13-7-10-15(11-12-16(18)19)9-6-8-14(2)3/h7,9-10H,2,5-6,8,11-13H2,1,3-4H3/b10-7-,15-9+/t18-/m1/s1. The van der Waals surface area contributed by atoms with Gasteiger partial charge in [0.1, 0.15) is 5.41 Å². The summed E-state index contributed by atoms with van der Waals surface area (Å²) in [5, 5.41) is 0. The van der Waals surface area contributed by atoms with Crippen LogP contribution in [0.4, 0.5) is 0 Å². The third-order valence-electron chi connectivity index (χ3n) is 3.82. The zero-order chi connectivity index (χ0) is 15.9. The van der Waals surface area contributed by atoms with E-state index in [4.69, 9.17) is 4.74 Å². The van der Waals surface area contributed by atoms with E-state index in [0.29, 0.717) is 25.9 Å². The normalized spacial score (nSPS) is 26.0. The quantitative estimate of drug-likeness (QED) is 0.434. The molecule has 3 nitrogen and oxygen atoms in total. The maximum Gasteiger partial charge on any atom is 0.319 e. The van der Waals surface area contributed by atoms with Crippen LogP contribution in [0, 0.1) is 5.41 Å². The van der Waals surface area contributed by atoms with E-state index in [-0.39, 0.29) is 5.78 Å². The molecule has 0 radical (unpaired) electrons. The fraction of sp³-hybridized carbons (Fsp3) is 0.556. The number of esters is 1. The van der Waals surface area contributed by atoms with Crippen LogP contribution in [-0.4, -0.2) is 18.4 Å². The van der Waals surface area contributed by atoms with Crippen molar-refractivity contribution in [3.05, 3.63) is 36.0 Å². The number of ketones is 1. The summed E-state index contributed by atoms with van der Waals surface area (Å²) in [4.78, 5) is 24.4. The molecule has 0 saturated carbocycles. The summed E-state index contributed by atoms with van der Waals surface area (Å²) in [7, 11) is 0. The molecule has 1 atom stereocenters. The molecule has 116 valence electrons. The van der Waals surface area contributed by atoms with E-state index in [0.717, 1.165) is 24.0 Å². The molecule has 1 aliphatic rings. The van der Waals surface area contributed by atoms with Gasteiger partial charge >= 0.3 is 5.97 Å². The van der Waals surface area contributed by atoms with E-state index in [1.807, 2.05) is 19.1 Å². The van der Waals surface area contributed by atoms with Crippen LogP contribution in [-0.2, 0) is 14.3 Å².